The average Bonchev–Trinajstić information content (AvgIpc) is 1.96. The molecule has 0 fully saturated rings. The highest BCUT2D eigenvalue weighted by Crippen LogP contribution is 2.01. The normalized spacial score (nSPS) is 9.45. The van der Waals surface area contributed by atoms with Crippen LogP contribution in [0.3, 0.4) is 0 Å². The van der Waals surface area contributed by atoms with Gasteiger partial charge in [-0.2, -0.15) is 0 Å². The summed E-state index contributed by atoms with van der Waals surface area (Å²) in [5, 5.41) is 0. The number of hydrogen-bond acceptors (Lipinski definition) is 0. The van der Waals surface area contributed by atoms with E-state index >= 15 is 0 Å². The Bertz CT molecular complexity index is 123. The third-order valence-corrected chi connectivity index (χ3v) is 1.63. The Morgan fingerprint density at radius 2 is 1.73 bits per heavy atom. The molecular formula is C11H20. The fraction of sp³-hybridized carbons (Fsp3) is 0.818. The van der Waals surface area contributed by atoms with E-state index in [-0.39, 0.29) is 0 Å². The average molecular weight is 152 g/mol. The smallest absolute Gasteiger partial charge is 0.00911 e. The van der Waals surface area contributed by atoms with Gasteiger partial charge in [0.15, 0.2) is 0 Å². The molecule has 0 rings (SSSR count). The minimum atomic E-state index is 0.801. The molecule has 0 bridgehead atoms. The summed E-state index contributed by atoms with van der Waals surface area (Å²) in [6.45, 7) is 6.69. The van der Waals surface area contributed by atoms with Gasteiger partial charge in [-0.05, 0) is 18.8 Å². The molecule has 0 aliphatic rings. The van der Waals surface area contributed by atoms with Crippen LogP contribution in [-0.2, 0) is 0 Å². The molecule has 0 saturated carbocycles. The fourth-order valence-electron chi connectivity index (χ4n) is 0.803. The molecule has 0 aliphatic heterocycles. The number of hydrogen-bond donors (Lipinski definition) is 0. The number of rotatable bonds is 4. The molecule has 0 amide bonds. The predicted octanol–water partition coefficient (Wildman–Crippen LogP) is 3.62. The van der Waals surface area contributed by atoms with Crippen LogP contribution in [0, 0.1) is 17.8 Å². The quantitative estimate of drug-likeness (QED) is 0.426. The molecule has 0 atom stereocenters. The maximum Gasteiger partial charge on any atom is 0.00911 e. The van der Waals surface area contributed by atoms with Crippen LogP contribution >= 0.6 is 0 Å². The Hall–Kier alpha value is -0.440. The molecule has 0 heteroatoms. The minimum absolute atomic E-state index is 0.801. The van der Waals surface area contributed by atoms with Crippen LogP contribution in [-0.4, -0.2) is 0 Å². The molecule has 0 nitrogen and oxygen atoms in total. The highest BCUT2D eigenvalue weighted by atomic mass is 13.9. The second kappa shape index (κ2) is 7.66. The van der Waals surface area contributed by atoms with Crippen molar-refractivity contribution in [2.24, 2.45) is 5.92 Å². The van der Waals surface area contributed by atoms with Gasteiger partial charge in [0.25, 0.3) is 0 Å². The highest BCUT2D eigenvalue weighted by molar-refractivity contribution is 4.98. The van der Waals surface area contributed by atoms with Gasteiger partial charge >= 0.3 is 0 Å². The SMILES string of the molecule is CCCCC#CCCC(C)C. The molecule has 0 radical (unpaired) electrons. The van der Waals surface area contributed by atoms with Crippen molar-refractivity contribution in [3.8, 4) is 11.8 Å². The Kier molecular flexibility index (Phi) is 7.36. The van der Waals surface area contributed by atoms with E-state index in [1.165, 1.54) is 19.3 Å². The van der Waals surface area contributed by atoms with Crippen LogP contribution in [0.4, 0.5) is 0 Å². The van der Waals surface area contributed by atoms with E-state index in [1.54, 1.807) is 0 Å². The van der Waals surface area contributed by atoms with Crippen molar-refractivity contribution in [3.63, 3.8) is 0 Å². The summed E-state index contributed by atoms with van der Waals surface area (Å²) < 4.78 is 0. The summed E-state index contributed by atoms with van der Waals surface area (Å²) in [7, 11) is 0. The van der Waals surface area contributed by atoms with Gasteiger partial charge in [-0.15, -0.1) is 11.8 Å². The second-order valence-corrected chi connectivity index (χ2v) is 3.39. The minimum Gasteiger partial charge on any atom is -0.103 e. The summed E-state index contributed by atoms with van der Waals surface area (Å²) in [5.74, 6) is 7.19. The van der Waals surface area contributed by atoms with Crippen LogP contribution in [0.25, 0.3) is 0 Å². The molecule has 0 N–H and O–H groups in total. The standard InChI is InChI=1S/C11H20/c1-4-5-6-7-8-9-10-11(2)3/h11H,4-6,9-10H2,1-3H3. The largest absolute Gasteiger partial charge is 0.103 e. The van der Waals surface area contributed by atoms with E-state index in [4.69, 9.17) is 0 Å². The lowest BCUT2D eigenvalue weighted by molar-refractivity contribution is 0.599. The molecule has 0 aromatic carbocycles. The first-order valence-corrected chi connectivity index (χ1v) is 4.73. The zero-order valence-corrected chi connectivity index (χ0v) is 8.11. The summed E-state index contributed by atoms with van der Waals surface area (Å²) >= 11 is 0. The van der Waals surface area contributed by atoms with Gasteiger partial charge in [0.05, 0.1) is 0 Å². The van der Waals surface area contributed by atoms with Crippen molar-refractivity contribution in [1.29, 1.82) is 0 Å². The Labute approximate surface area is 71.4 Å². The molecule has 0 saturated heterocycles. The molecular weight excluding hydrogens is 132 g/mol. The Morgan fingerprint density at radius 1 is 1.09 bits per heavy atom. The zero-order chi connectivity index (χ0) is 8.53. The maximum atomic E-state index is 3.20. The van der Waals surface area contributed by atoms with Gasteiger partial charge in [0, 0.05) is 12.8 Å². The first-order valence-electron chi connectivity index (χ1n) is 4.73. The molecule has 64 valence electrons. The van der Waals surface area contributed by atoms with Crippen molar-refractivity contribution >= 4 is 0 Å². The molecule has 11 heavy (non-hydrogen) atoms. The lowest BCUT2D eigenvalue weighted by Crippen LogP contribution is -1.83. The van der Waals surface area contributed by atoms with Gasteiger partial charge in [0.2, 0.25) is 0 Å². The van der Waals surface area contributed by atoms with E-state index < -0.39 is 0 Å². The molecule has 0 unspecified atom stereocenters. The molecule has 0 spiro atoms. The molecule has 0 aliphatic carbocycles. The van der Waals surface area contributed by atoms with Crippen molar-refractivity contribution in [1.82, 2.24) is 0 Å². The van der Waals surface area contributed by atoms with Crippen molar-refractivity contribution in [2.75, 3.05) is 0 Å². The van der Waals surface area contributed by atoms with Crippen molar-refractivity contribution in [3.05, 3.63) is 0 Å². The van der Waals surface area contributed by atoms with E-state index in [0.717, 1.165) is 18.8 Å². The zero-order valence-electron chi connectivity index (χ0n) is 8.11. The van der Waals surface area contributed by atoms with Gasteiger partial charge in [-0.1, -0.05) is 27.2 Å². The topological polar surface area (TPSA) is 0 Å². The highest BCUT2D eigenvalue weighted by Gasteiger charge is 1.88. The van der Waals surface area contributed by atoms with Gasteiger partial charge < -0.3 is 0 Å². The predicted molar refractivity (Wildman–Crippen MR) is 51.4 cm³/mol. The summed E-state index contributed by atoms with van der Waals surface area (Å²) in [6, 6.07) is 0. The summed E-state index contributed by atoms with van der Waals surface area (Å²) in [4.78, 5) is 0. The summed E-state index contributed by atoms with van der Waals surface area (Å²) in [6.07, 6.45) is 5.95. The fourth-order valence-corrected chi connectivity index (χ4v) is 0.803. The van der Waals surface area contributed by atoms with E-state index in [1.807, 2.05) is 0 Å². The van der Waals surface area contributed by atoms with Crippen LogP contribution < -0.4 is 0 Å². The third-order valence-electron chi connectivity index (χ3n) is 1.63. The second-order valence-electron chi connectivity index (χ2n) is 3.39. The van der Waals surface area contributed by atoms with Gasteiger partial charge in [0.1, 0.15) is 0 Å². The van der Waals surface area contributed by atoms with E-state index in [0.29, 0.717) is 0 Å². The molecule has 0 heterocycles. The van der Waals surface area contributed by atoms with Crippen LogP contribution in [0.15, 0.2) is 0 Å². The monoisotopic (exact) mass is 152 g/mol. The lowest BCUT2D eigenvalue weighted by Gasteiger charge is -1.96. The van der Waals surface area contributed by atoms with Crippen LogP contribution in [0.1, 0.15) is 52.9 Å². The van der Waals surface area contributed by atoms with Crippen LogP contribution in [0.2, 0.25) is 0 Å². The van der Waals surface area contributed by atoms with Crippen molar-refractivity contribution in [2.45, 2.75) is 52.9 Å². The summed E-state index contributed by atoms with van der Waals surface area (Å²) in [5.41, 5.74) is 0. The number of unbranched alkanes of at least 4 members (excludes halogenated alkanes) is 2. The van der Waals surface area contributed by atoms with Gasteiger partial charge in [-0.25, -0.2) is 0 Å². The Morgan fingerprint density at radius 3 is 2.27 bits per heavy atom. The molecule has 0 aromatic rings. The Balaban J connectivity index is 3.12. The van der Waals surface area contributed by atoms with E-state index in [9.17, 15) is 0 Å². The maximum absolute atomic E-state index is 3.20. The lowest BCUT2D eigenvalue weighted by atomic mass is 10.1. The van der Waals surface area contributed by atoms with Crippen LogP contribution in [0.5, 0.6) is 0 Å². The first kappa shape index (κ1) is 10.6. The van der Waals surface area contributed by atoms with Crippen molar-refractivity contribution < 1.29 is 0 Å². The van der Waals surface area contributed by atoms with E-state index in [2.05, 4.69) is 32.6 Å². The van der Waals surface area contributed by atoms with Gasteiger partial charge in [-0.3, -0.25) is 0 Å². The first-order chi connectivity index (χ1) is 5.27. The molecule has 0 aromatic heterocycles. The third kappa shape index (κ3) is 9.56.